The second-order valence-electron chi connectivity index (χ2n) is 9.11. The summed E-state index contributed by atoms with van der Waals surface area (Å²) in [4.78, 5) is 26.1. The first-order valence-electron chi connectivity index (χ1n) is 11.3. The summed E-state index contributed by atoms with van der Waals surface area (Å²) < 4.78 is 39.1. The van der Waals surface area contributed by atoms with Crippen LogP contribution >= 0.6 is 23.2 Å². The first kappa shape index (κ1) is 26.7. The number of benzene rings is 3. The number of carboxylic acid groups (broad SMARTS) is 1. The fraction of sp³-hybridized carbons (Fsp3) is 0.259. The average molecular weight is 550 g/mol. The van der Waals surface area contributed by atoms with Crippen molar-refractivity contribution < 1.29 is 33.0 Å². The summed E-state index contributed by atoms with van der Waals surface area (Å²) in [7, 11) is 1.44. The highest BCUT2D eigenvalue weighted by Crippen LogP contribution is 2.44. The summed E-state index contributed by atoms with van der Waals surface area (Å²) >= 11 is 11.9. The van der Waals surface area contributed by atoms with E-state index < -0.39 is 35.7 Å². The Morgan fingerprint density at radius 3 is 2.51 bits per heavy atom. The number of hydrogen-bond acceptors (Lipinski definition) is 4. The Balaban J connectivity index is 1.62. The number of carbonyl (C=O) groups is 2. The fourth-order valence-electron chi connectivity index (χ4n) is 4.45. The highest BCUT2D eigenvalue weighted by atomic mass is 35.5. The largest absolute Gasteiger partial charge is 0.493 e. The van der Waals surface area contributed by atoms with Gasteiger partial charge in [0.2, 0.25) is 0 Å². The number of carbonyl (C=O) groups excluding carboxylic acids is 1. The fourth-order valence-corrected chi connectivity index (χ4v) is 4.79. The summed E-state index contributed by atoms with van der Waals surface area (Å²) in [5, 5.41) is 9.52. The Hall–Kier alpha value is -3.36. The molecule has 1 N–H and O–H groups in total. The van der Waals surface area contributed by atoms with Gasteiger partial charge in [0.1, 0.15) is 23.8 Å². The van der Waals surface area contributed by atoms with E-state index in [1.807, 2.05) is 6.92 Å². The number of hydrogen-bond donors (Lipinski definition) is 1. The maximum atomic E-state index is 14.0. The molecular weight excluding hydrogens is 527 g/mol. The number of amides is 1. The summed E-state index contributed by atoms with van der Waals surface area (Å²) in [6.45, 7) is 1.13. The summed E-state index contributed by atoms with van der Waals surface area (Å²) in [6.07, 6.45) is 0.767. The molecule has 3 aromatic rings. The molecule has 1 amide bonds. The van der Waals surface area contributed by atoms with Gasteiger partial charge in [0.15, 0.2) is 11.5 Å². The molecule has 0 fully saturated rings. The quantitative estimate of drug-likeness (QED) is 0.376. The molecule has 1 aliphatic heterocycles. The minimum atomic E-state index is -1.22. The zero-order valence-corrected chi connectivity index (χ0v) is 21.5. The Labute approximate surface area is 222 Å². The molecule has 0 aromatic heterocycles. The third-order valence-electron chi connectivity index (χ3n) is 6.06. The Morgan fingerprint density at radius 2 is 1.86 bits per heavy atom. The maximum Gasteiger partial charge on any atom is 0.323 e. The van der Waals surface area contributed by atoms with E-state index in [9.17, 15) is 23.5 Å². The maximum absolute atomic E-state index is 14.0. The van der Waals surface area contributed by atoms with Crippen molar-refractivity contribution in [1.29, 1.82) is 0 Å². The van der Waals surface area contributed by atoms with Gasteiger partial charge < -0.3 is 19.5 Å². The van der Waals surface area contributed by atoms with Crippen LogP contribution < -0.4 is 9.47 Å². The van der Waals surface area contributed by atoms with E-state index in [1.165, 1.54) is 37.4 Å². The van der Waals surface area contributed by atoms with Crippen molar-refractivity contribution in [3.63, 3.8) is 0 Å². The molecule has 0 unspecified atom stereocenters. The number of nitrogens with zero attached hydrogens (tertiary/aromatic N) is 1. The molecule has 1 atom stereocenters. The molecule has 0 spiro atoms. The molecule has 6 nitrogen and oxygen atoms in total. The van der Waals surface area contributed by atoms with Crippen molar-refractivity contribution in [3.8, 4) is 11.5 Å². The number of ether oxygens (including phenoxy) is 2. The van der Waals surface area contributed by atoms with Crippen LogP contribution in [0, 0.1) is 11.6 Å². The van der Waals surface area contributed by atoms with Crippen molar-refractivity contribution in [1.82, 2.24) is 4.90 Å². The molecule has 0 bridgehead atoms. The van der Waals surface area contributed by atoms with E-state index >= 15 is 0 Å². The number of halogens is 4. The van der Waals surface area contributed by atoms with Crippen LogP contribution in [0.4, 0.5) is 8.78 Å². The van der Waals surface area contributed by atoms with Crippen molar-refractivity contribution in [2.24, 2.45) is 0 Å². The molecule has 10 heteroatoms. The molecule has 0 saturated heterocycles. The van der Waals surface area contributed by atoms with Crippen LogP contribution in [-0.2, 0) is 24.2 Å². The lowest BCUT2D eigenvalue weighted by Crippen LogP contribution is -2.35. The Bertz CT molecular complexity index is 1380. The van der Waals surface area contributed by atoms with Crippen LogP contribution in [0.15, 0.2) is 48.5 Å². The molecule has 1 aliphatic rings. The van der Waals surface area contributed by atoms with Crippen molar-refractivity contribution in [2.75, 3.05) is 13.7 Å². The van der Waals surface area contributed by atoms with Crippen molar-refractivity contribution >= 4 is 35.1 Å². The van der Waals surface area contributed by atoms with Gasteiger partial charge in [0.25, 0.3) is 5.91 Å². The monoisotopic (exact) mass is 549 g/mol. The van der Waals surface area contributed by atoms with Crippen LogP contribution in [-0.4, -0.2) is 41.1 Å². The minimum Gasteiger partial charge on any atom is -0.493 e. The van der Waals surface area contributed by atoms with Crippen molar-refractivity contribution in [2.45, 2.75) is 31.9 Å². The van der Waals surface area contributed by atoms with E-state index in [2.05, 4.69) is 0 Å². The topological polar surface area (TPSA) is 76.1 Å². The van der Waals surface area contributed by atoms with Gasteiger partial charge in [-0.2, -0.15) is 0 Å². The summed E-state index contributed by atoms with van der Waals surface area (Å²) in [6, 6.07) is 11.4. The van der Waals surface area contributed by atoms with Gasteiger partial charge in [-0.15, -0.1) is 0 Å². The zero-order chi connectivity index (χ0) is 26.9. The molecule has 37 heavy (non-hydrogen) atoms. The van der Waals surface area contributed by atoms with Crippen LogP contribution in [0.5, 0.6) is 11.5 Å². The lowest BCUT2D eigenvalue weighted by atomic mass is 9.91. The van der Waals surface area contributed by atoms with Gasteiger partial charge in [-0.25, -0.2) is 8.78 Å². The molecule has 0 saturated carbocycles. The minimum absolute atomic E-state index is 0.0298. The number of aliphatic carboxylic acids is 1. The van der Waals surface area contributed by atoms with E-state index in [4.69, 9.17) is 32.7 Å². The highest BCUT2D eigenvalue weighted by molar-refractivity contribution is 6.31. The first-order valence-corrected chi connectivity index (χ1v) is 12.0. The third-order valence-corrected chi connectivity index (χ3v) is 6.72. The van der Waals surface area contributed by atoms with E-state index in [0.717, 1.165) is 11.0 Å². The molecule has 4 rings (SSSR count). The van der Waals surface area contributed by atoms with Gasteiger partial charge in [0, 0.05) is 35.5 Å². The predicted molar refractivity (Wildman–Crippen MR) is 135 cm³/mol. The van der Waals surface area contributed by atoms with Crippen LogP contribution in [0.1, 0.15) is 34.0 Å². The highest BCUT2D eigenvalue weighted by Gasteiger charge is 2.38. The Morgan fingerprint density at radius 1 is 1.11 bits per heavy atom. The second-order valence-corrected chi connectivity index (χ2v) is 9.93. The number of fused-ring (bicyclic) bond motifs is 1. The summed E-state index contributed by atoms with van der Waals surface area (Å²) in [5.74, 6) is -2.09. The van der Waals surface area contributed by atoms with Gasteiger partial charge >= 0.3 is 5.97 Å². The van der Waals surface area contributed by atoms with Crippen LogP contribution in [0.2, 0.25) is 10.0 Å². The molecular formula is C27H23Cl2F2NO5. The molecule has 3 aromatic carbocycles. The summed E-state index contributed by atoms with van der Waals surface area (Å²) in [5.41, 5.74) is 1.23. The zero-order valence-electron chi connectivity index (χ0n) is 20.0. The molecule has 0 aliphatic carbocycles. The van der Waals surface area contributed by atoms with Crippen LogP contribution in [0.3, 0.4) is 0 Å². The SMILES string of the molecule is COc1cc(C(=O)N(CC(=O)O)Cc2ccc(F)cc2Cl)cc2c1O[C@](C)(Cc1ccc(Cl)c(F)c1)C2. The van der Waals surface area contributed by atoms with Crippen molar-refractivity contribution in [3.05, 3.63) is 92.5 Å². The lowest BCUT2D eigenvalue weighted by Gasteiger charge is -2.24. The van der Waals surface area contributed by atoms with E-state index in [0.29, 0.717) is 41.0 Å². The van der Waals surface area contributed by atoms with E-state index in [-0.39, 0.29) is 22.2 Å². The van der Waals surface area contributed by atoms with Gasteiger partial charge in [-0.3, -0.25) is 9.59 Å². The third kappa shape index (κ3) is 5.97. The van der Waals surface area contributed by atoms with E-state index in [1.54, 1.807) is 12.1 Å². The normalized spacial score (nSPS) is 16.2. The van der Waals surface area contributed by atoms with Gasteiger partial charge in [-0.05, 0) is 54.4 Å². The van der Waals surface area contributed by atoms with Gasteiger partial charge in [-0.1, -0.05) is 35.3 Å². The average Bonchev–Trinajstić information content (AvgIpc) is 3.17. The predicted octanol–water partition coefficient (Wildman–Crippen LogP) is 5.94. The van der Waals surface area contributed by atoms with Gasteiger partial charge in [0.05, 0.1) is 12.1 Å². The second kappa shape index (κ2) is 10.6. The Kier molecular flexibility index (Phi) is 7.62. The lowest BCUT2D eigenvalue weighted by molar-refractivity contribution is -0.137. The number of methoxy groups -OCH3 is 1. The molecule has 0 radical (unpaired) electrons. The standard InChI is InChI=1S/C27H23Cl2F2NO5/c1-27(11-15-3-6-20(28)22(31)7-15)12-18-8-17(9-23(36-2)25(18)37-27)26(35)32(14-24(33)34)13-16-4-5-19(30)10-21(16)29/h3-10H,11-14H2,1-2H3,(H,33,34)/t27-/m1/s1. The molecule has 194 valence electrons. The number of carboxylic acids is 1. The van der Waals surface area contributed by atoms with Crippen LogP contribution in [0.25, 0.3) is 0 Å². The smallest absolute Gasteiger partial charge is 0.323 e. The first-order chi connectivity index (χ1) is 17.5. The molecule has 1 heterocycles. The number of rotatable bonds is 8.